The van der Waals surface area contributed by atoms with Crippen molar-refractivity contribution in [3.63, 3.8) is 0 Å². The summed E-state index contributed by atoms with van der Waals surface area (Å²) < 4.78 is 0.826. The van der Waals surface area contributed by atoms with Gasteiger partial charge >= 0.3 is 0 Å². The average Bonchev–Trinajstić information content (AvgIpc) is 2.77. The first-order chi connectivity index (χ1) is 10.8. The molecule has 1 aliphatic heterocycles. The van der Waals surface area contributed by atoms with Gasteiger partial charge in [-0.05, 0) is 24.3 Å². The average molecular weight is 415 g/mol. The molecule has 0 spiro atoms. The second kappa shape index (κ2) is 5.91. The van der Waals surface area contributed by atoms with Crippen LogP contribution in [-0.4, -0.2) is 16.8 Å². The Bertz CT molecular complexity index is 823. The Labute approximate surface area is 150 Å². The quantitative estimate of drug-likeness (QED) is 0.740. The number of fused-ring (bicyclic) bond motifs is 1. The topological polar surface area (TPSA) is 66.4 Å². The monoisotopic (exact) mass is 413 g/mol. The van der Waals surface area contributed by atoms with Crippen LogP contribution in [0.25, 0.3) is 0 Å². The van der Waals surface area contributed by atoms with Crippen LogP contribution in [0, 0.1) is 0 Å². The number of hydrogen-bond acceptors (Lipinski definition) is 3. The van der Waals surface area contributed by atoms with E-state index >= 15 is 0 Å². The SMILES string of the molecule is O=C(CC1(O)C(=O)Nc2c(Cl)ccc(Cl)c21)c1ccc(Br)cc1. The van der Waals surface area contributed by atoms with Crippen LogP contribution in [0.4, 0.5) is 5.69 Å². The van der Waals surface area contributed by atoms with Crippen molar-refractivity contribution in [1.82, 2.24) is 0 Å². The summed E-state index contributed by atoms with van der Waals surface area (Å²) in [5.74, 6) is -1.09. The van der Waals surface area contributed by atoms with Crippen molar-refractivity contribution in [2.45, 2.75) is 12.0 Å². The van der Waals surface area contributed by atoms with Crippen LogP contribution in [-0.2, 0) is 10.4 Å². The number of anilines is 1. The third-order valence-corrected chi connectivity index (χ3v) is 4.87. The highest BCUT2D eigenvalue weighted by Crippen LogP contribution is 2.46. The number of halogens is 3. The van der Waals surface area contributed by atoms with Crippen LogP contribution in [0.1, 0.15) is 22.3 Å². The highest BCUT2D eigenvalue weighted by molar-refractivity contribution is 9.10. The van der Waals surface area contributed by atoms with Gasteiger partial charge in [-0.1, -0.05) is 51.3 Å². The van der Waals surface area contributed by atoms with Gasteiger partial charge in [-0.25, -0.2) is 0 Å². The molecule has 118 valence electrons. The summed E-state index contributed by atoms with van der Waals surface area (Å²) in [7, 11) is 0. The highest BCUT2D eigenvalue weighted by atomic mass is 79.9. The van der Waals surface area contributed by atoms with E-state index in [1.54, 1.807) is 24.3 Å². The zero-order chi connectivity index (χ0) is 16.8. The summed E-state index contributed by atoms with van der Waals surface area (Å²) in [6.07, 6.45) is -0.423. The molecule has 0 aliphatic carbocycles. The van der Waals surface area contributed by atoms with Crippen molar-refractivity contribution in [1.29, 1.82) is 0 Å². The molecule has 7 heteroatoms. The van der Waals surface area contributed by atoms with E-state index in [1.807, 2.05) is 0 Å². The van der Waals surface area contributed by atoms with Crippen LogP contribution in [0.2, 0.25) is 10.0 Å². The van der Waals surface area contributed by atoms with Gasteiger partial charge in [0.25, 0.3) is 5.91 Å². The molecular weight excluding hydrogens is 405 g/mol. The number of carbonyl (C=O) groups is 2. The molecule has 0 radical (unpaired) electrons. The van der Waals surface area contributed by atoms with Crippen molar-refractivity contribution in [3.8, 4) is 0 Å². The van der Waals surface area contributed by atoms with E-state index in [0.29, 0.717) is 5.56 Å². The van der Waals surface area contributed by atoms with E-state index in [4.69, 9.17) is 23.2 Å². The maximum Gasteiger partial charge on any atom is 0.261 e. The summed E-state index contributed by atoms with van der Waals surface area (Å²) in [6.45, 7) is 0. The number of rotatable bonds is 3. The van der Waals surface area contributed by atoms with Crippen molar-refractivity contribution >= 4 is 56.5 Å². The number of amides is 1. The second-order valence-electron chi connectivity index (χ2n) is 5.20. The summed E-state index contributed by atoms with van der Waals surface area (Å²) in [6, 6.07) is 9.66. The minimum Gasteiger partial charge on any atom is -0.375 e. The van der Waals surface area contributed by atoms with Crippen molar-refractivity contribution in [2.75, 3.05) is 5.32 Å². The molecule has 3 rings (SSSR count). The first-order valence-corrected chi connectivity index (χ1v) is 8.19. The van der Waals surface area contributed by atoms with Gasteiger partial charge in [-0.3, -0.25) is 9.59 Å². The Morgan fingerprint density at radius 1 is 1.13 bits per heavy atom. The predicted molar refractivity (Wildman–Crippen MR) is 92.1 cm³/mol. The standard InChI is InChI=1S/C16H10BrCl2NO3/c17-9-3-1-8(2-4-9)12(21)7-16(23)13-10(18)5-6-11(19)14(13)20-15(16)22/h1-6,23H,7H2,(H,20,22). The molecule has 1 unspecified atom stereocenters. The van der Waals surface area contributed by atoms with Crippen molar-refractivity contribution in [2.24, 2.45) is 0 Å². The van der Waals surface area contributed by atoms with Gasteiger partial charge in [0.2, 0.25) is 0 Å². The summed E-state index contributed by atoms with van der Waals surface area (Å²) in [4.78, 5) is 24.7. The number of benzene rings is 2. The lowest BCUT2D eigenvalue weighted by molar-refractivity contribution is -0.133. The smallest absolute Gasteiger partial charge is 0.261 e. The molecule has 2 aromatic carbocycles. The summed E-state index contributed by atoms with van der Waals surface area (Å²) >= 11 is 15.4. The maximum atomic E-state index is 12.4. The van der Waals surface area contributed by atoms with Gasteiger partial charge in [0, 0.05) is 20.6 Å². The van der Waals surface area contributed by atoms with E-state index in [2.05, 4.69) is 21.2 Å². The van der Waals surface area contributed by atoms with E-state index in [-0.39, 0.29) is 27.1 Å². The number of nitrogens with one attached hydrogen (secondary N) is 1. The largest absolute Gasteiger partial charge is 0.375 e. The molecule has 2 N–H and O–H groups in total. The molecule has 4 nitrogen and oxygen atoms in total. The molecule has 0 saturated carbocycles. The Morgan fingerprint density at radius 2 is 1.74 bits per heavy atom. The fourth-order valence-corrected chi connectivity index (χ4v) is 3.33. The molecule has 0 aromatic heterocycles. The first-order valence-electron chi connectivity index (χ1n) is 6.64. The molecule has 1 amide bonds. The van der Waals surface area contributed by atoms with Gasteiger partial charge in [-0.15, -0.1) is 0 Å². The van der Waals surface area contributed by atoms with E-state index < -0.39 is 17.9 Å². The lowest BCUT2D eigenvalue weighted by atomic mass is 9.88. The Kier molecular flexibility index (Phi) is 4.23. The highest BCUT2D eigenvalue weighted by Gasteiger charge is 2.49. The Morgan fingerprint density at radius 3 is 2.39 bits per heavy atom. The molecule has 1 atom stereocenters. The molecule has 23 heavy (non-hydrogen) atoms. The summed E-state index contributed by atoms with van der Waals surface area (Å²) in [5.41, 5.74) is -1.26. The van der Waals surface area contributed by atoms with E-state index in [0.717, 1.165) is 4.47 Å². The van der Waals surface area contributed by atoms with E-state index in [9.17, 15) is 14.7 Å². The molecule has 2 aromatic rings. The molecule has 0 saturated heterocycles. The van der Waals surface area contributed by atoms with Gasteiger partial charge < -0.3 is 10.4 Å². The van der Waals surface area contributed by atoms with Gasteiger partial charge in [0.05, 0.1) is 17.1 Å². The Hall–Kier alpha value is -1.40. The third kappa shape index (κ3) is 2.78. The number of carbonyl (C=O) groups excluding carboxylic acids is 2. The number of Topliss-reactive ketones (excluding diaryl/α,β-unsaturated/α-hetero) is 1. The number of aliphatic hydroxyl groups is 1. The molecule has 1 heterocycles. The lowest BCUT2D eigenvalue weighted by Crippen LogP contribution is -2.36. The lowest BCUT2D eigenvalue weighted by Gasteiger charge is -2.21. The van der Waals surface area contributed by atoms with Crippen molar-refractivity contribution in [3.05, 3.63) is 62.0 Å². The Balaban J connectivity index is 2.00. The normalized spacial score (nSPS) is 19.4. The van der Waals surface area contributed by atoms with Crippen LogP contribution in [0.3, 0.4) is 0 Å². The molecule has 1 aliphatic rings. The van der Waals surface area contributed by atoms with Crippen molar-refractivity contribution < 1.29 is 14.7 Å². The van der Waals surface area contributed by atoms with Crippen LogP contribution < -0.4 is 5.32 Å². The van der Waals surface area contributed by atoms with Gasteiger partial charge in [0.15, 0.2) is 11.4 Å². The van der Waals surface area contributed by atoms with Crippen LogP contribution >= 0.6 is 39.1 Å². The number of ketones is 1. The minimum absolute atomic E-state index is 0.141. The molecule has 0 fully saturated rings. The third-order valence-electron chi connectivity index (χ3n) is 3.71. The first kappa shape index (κ1) is 16.5. The second-order valence-corrected chi connectivity index (χ2v) is 6.93. The minimum atomic E-state index is -2.04. The maximum absolute atomic E-state index is 12.4. The van der Waals surface area contributed by atoms with Gasteiger partial charge in [-0.2, -0.15) is 0 Å². The van der Waals surface area contributed by atoms with Crippen LogP contribution in [0.5, 0.6) is 0 Å². The zero-order valence-corrected chi connectivity index (χ0v) is 14.7. The predicted octanol–water partition coefficient (Wildman–Crippen LogP) is 4.17. The van der Waals surface area contributed by atoms with E-state index in [1.165, 1.54) is 12.1 Å². The van der Waals surface area contributed by atoms with Crippen LogP contribution in [0.15, 0.2) is 40.9 Å². The number of hydrogen-bond donors (Lipinski definition) is 2. The molecule has 0 bridgehead atoms. The zero-order valence-electron chi connectivity index (χ0n) is 11.6. The van der Waals surface area contributed by atoms with Gasteiger partial charge in [0.1, 0.15) is 0 Å². The fourth-order valence-electron chi connectivity index (χ4n) is 2.55. The molecular formula is C16H10BrCl2NO3. The fraction of sp³-hybridized carbons (Fsp3) is 0.125. The summed E-state index contributed by atoms with van der Waals surface area (Å²) in [5, 5.41) is 13.7.